The molecule has 8 atom stereocenters. The normalized spacial score (nSPS) is 41.1. The van der Waals surface area contributed by atoms with E-state index in [4.69, 9.17) is 4.74 Å². The maximum Gasteiger partial charge on any atom is 0.159 e. The summed E-state index contributed by atoms with van der Waals surface area (Å²) in [6, 6.07) is 0.523. The Balaban J connectivity index is 1.89. The highest BCUT2D eigenvalue weighted by Gasteiger charge is 2.56. The van der Waals surface area contributed by atoms with Crippen LogP contribution in [0.1, 0.15) is 90.9 Å². The molecule has 0 radical (unpaired) electrons. The second kappa shape index (κ2) is 12.2. The van der Waals surface area contributed by atoms with Crippen LogP contribution >= 0.6 is 8.81 Å². The summed E-state index contributed by atoms with van der Waals surface area (Å²) in [4.78, 5) is 9.41. The summed E-state index contributed by atoms with van der Waals surface area (Å²) in [5.41, 5.74) is 0.0951. The molecule has 6 heteroatoms. The van der Waals surface area contributed by atoms with Gasteiger partial charge in [0.15, 0.2) is 11.0 Å². The van der Waals surface area contributed by atoms with Crippen LogP contribution in [0.2, 0.25) is 0 Å². The fourth-order valence-electron chi connectivity index (χ4n) is 6.66. The van der Waals surface area contributed by atoms with Crippen LogP contribution in [0.25, 0.3) is 0 Å². The summed E-state index contributed by atoms with van der Waals surface area (Å²) >= 11 is -0.543. The number of hydrogen-bond acceptors (Lipinski definition) is 4. The van der Waals surface area contributed by atoms with E-state index in [0.717, 1.165) is 43.5 Å². The van der Waals surface area contributed by atoms with Crippen molar-refractivity contribution in [2.24, 2.45) is 17.8 Å². The van der Waals surface area contributed by atoms with Crippen LogP contribution in [0, 0.1) is 17.8 Å². The molecule has 8 unspecified atom stereocenters. The molecule has 0 amide bonds. The third-order valence-corrected chi connectivity index (χ3v) is 11.1. The van der Waals surface area contributed by atoms with E-state index in [9.17, 15) is 9.45 Å². The van der Waals surface area contributed by atoms with Crippen molar-refractivity contribution in [2.75, 3.05) is 19.0 Å². The Bertz CT molecular complexity index is 507. The van der Waals surface area contributed by atoms with Crippen LogP contribution in [0.15, 0.2) is 0 Å². The number of ether oxygens (including phenoxy) is 1. The molecule has 0 aromatic rings. The van der Waals surface area contributed by atoms with E-state index in [1.807, 2.05) is 7.11 Å². The maximum atomic E-state index is 11.6. The summed E-state index contributed by atoms with van der Waals surface area (Å²) in [6.45, 7) is 4.61. The highest BCUT2D eigenvalue weighted by molar-refractivity contribution is 7.92. The SMILES string of the molecule is CCCCC1(CC)C[S+](O)C2CC(CCPO)C(OC)CC2C(C2CCCCC2)N1. The molecule has 1 aliphatic heterocycles. The van der Waals surface area contributed by atoms with Gasteiger partial charge in [-0.3, -0.25) is 0 Å². The third-order valence-electron chi connectivity index (χ3n) is 8.52. The minimum absolute atomic E-state index is 0.0275. The maximum absolute atomic E-state index is 11.6. The van der Waals surface area contributed by atoms with E-state index in [-0.39, 0.29) is 20.5 Å². The molecule has 3 N–H and O–H groups in total. The van der Waals surface area contributed by atoms with E-state index in [1.54, 1.807) is 0 Å². The average molecular weight is 461 g/mol. The number of unbranched alkanes of at least 4 members (excludes halogenated alkanes) is 1. The number of methoxy groups -OCH3 is 1. The van der Waals surface area contributed by atoms with Gasteiger partial charge in [-0.2, -0.15) is 4.55 Å². The van der Waals surface area contributed by atoms with Crippen LogP contribution < -0.4 is 5.32 Å². The van der Waals surface area contributed by atoms with Gasteiger partial charge in [0.1, 0.15) is 11.2 Å². The fraction of sp³-hybridized carbons (Fsp3) is 1.00. The Kier molecular flexibility index (Phi) is 10.3. The van der Waals surface area contributed by atoms with Crippen LogP contribution in [-0.4, -0.2) is 51.4 Å². The van der Waals surface area contributed by atoms with Crippen molar-refractivity contribution in [3.8, 4) is 0 Å². The van der Waals surface area contributed by atoms with E-state index < -0.39 is 11.2 Å². The van der Waals surface area contributed by atoms with Crippen molar-refractivity contribution in [3.63, 3.8) is 0 Å². The molecule has 2 aliphatic carbocycles. The second-order valence-electron chi connectivity index (χ2n) is 10.3. The standard InChI is InChI=1S/C24H47NO3PS/c1-4-6-13-24(5-2)17-30(27)22-15-19(12-14-29-26)21(28-3)16-20(22)23(25-24)18-10-8-7-9-11-18/h18-23,25-27,29H,4-17H2,1-3H3/q+1. The van der Waals surface area contributed by atoms with Crippen LogP contribution in [0.4, 0.5) is 0 Å². The van der Waals surface area contributed by atoms with Gasteiger partial charge in [-0.05, 0) is 56.5 Å². The van der Waals surface area contributed by atoms with Gasteiger partial charge in [0.25, 0.3) is 0 Å². The summed E-state index contributed by atoms with van der Waals surface area (Å²) in [7, 11) is 1.90. The number of fused-ring (bicyclic) bond motifs is 1. The van der Waals surface area contributed by atoms with Crippen molar-refractivity contribution in [1.29, 1.82) is 0 Å². The fourth-order valence-corrected chi connectivity index (χ4v) is 9.53. The van der Waals surface area contributed by atoms with E-state index in [1.165, 1.54) is 51.4 Å². The van der Waals surface area contributed by atoms with Crippen molar-refractivity contribution in [3.05, 3.63) is 0 Å². The molecule has 1 heterocycles. The molecular weight excluding hydrogens is 413 g/mol. The lowest BCUT2D eigenvalue weighted by molar-refractivity contribution is -0.00990. The van der Waals surface area contributed by atoms with Gasteiger partial charge in [0, 0.05) is 34.3 Å². The average Bonchev–Trinajstić information content (AvgIpc) is 2.90. The lowest BCUT2D eigenvalue weighted by Gasteiger charge is -2.44. The Morgan fingerprint density at radius 2 is 1.93 bits per heavy atom. The van der Waals surface area contributed by atoms with Crippen molar-refractivity contribution in [1.82, 2.24) is 5.32 Å². The van der Waals surface area contributed by atoms with Crippen LogP contribution in [-0.2, 0) is 15.9 Å². The number of rotatable bonds is 9. The van der Waals surface area contributed by atoms with Gasteiger partial charge in [0.05, 0.1) is 11.6 Å². The van der Waals surface area contributed by atoms with Gasteiger partial charge in [-0.25, -0.2) is 0 Å². The van der Waals surface area contributed by atoms with E-state index >= 15 is 0 Å². The summed E-state index contributed by atoms with van der Waals surface area (Å²) in [5, 5.41) is 4.67. The summed E-state index contributed by atoms with van der Waals surface area (Å²) in [5.74, 6) is 2.69. The Morgan fingerprint density at radius 1 is 1.17 bits per heavy atom. The Labute approximate surface area is 190 Å². The highest BCUT2D eigenvalue weighted by Crippen LogP contribution is 2.46. The Hall–Kier alpha value is 0.620. The van der Waals surface area contributed by atoms with Gasteiger partial charge >= 0.3 is 0 Å². The predicted molar refractivity (Wildman–Crippen MR) is 132 cm³/mol. The van der Waals surface area contributed by atoms with E-state index in [0.29, 0.717) is 23.1 Å². The quantitative estimate of drug-likeness (QED) is 0.320. The summed E-state index contributed by atoms with van der Waals surface area (Å²) in [6.07, 6.45) is 15.9. The molecule has 0 aromatic carbocycles. The van der Waals surface area contributed by atoms with Crippen molar-refractivity contribution in [2.45, 2.75) is 114 Å². The highest BCUT2D eigenvalue weighted by atomic mass is 32.2. The predicted octanol–water partition coefficient (Wildman–Crippen LogP) is 5.35. The molecule has 0 aromatic heterocycles. The van der Waals surface area contributed by atoms with Crippen molar-refractivity contribution < 1.29 is 14.2 Å². The molecular formula is C24H47NO3PS+. The van der Waals surface area contributed by atoms with Crippen LogP contribution in [0.5, 0.6) is 0 Å². The monoisotopic (exact) mass is 460 g/mol. The molecule has 2 saturated carbocycles. The second-order valence-corrected chi connectivity index (χ2v) is 12.8. The van der Waals surface area contributed by atoms with Gasteiger partial charge in [0.2, 0.25) is 0 Å². The zero-order valence-corrected chi connectivity index (χ0v) is 21.4. The number of hydrogen-bond donors (Lipinski definition) is 3. The van der Waals surface area contributed by atoms with Gasteiger partial charge < -0.3 is 14.9 Å². The third kappa shape index (κ3) is 5.94. The first kappa shape index (κ1) is 25.2. The minimum Gasteiger partial charge on any atom is -0.381 e. The molecule has 1 saturated heterocycles. The lowest BCUT2D eigenvalue weighted by atomic mass is 9.69. The number of nitrogens with one attached hydrogen (secondary N) is 1. The molecule has 4 nitrogen and oxygen atoms in total. The first-order valence-corrected chi connectivity index (χ1v) is 15.2. The molecule has 30 heavy (non-hydrogen) atoms. The first-order valence-electron chi connectivity index (χ1n) is 12.6. The Morgan fingerprint density at radius 3 is 2.57 bits per heavy atom. The van der Waals surface area contributed by atoms with Crippen LogP contribution in [0.3, 0.4) is 0 Å². The van der Waals surface area contributed by atoms with Gasteiger partial charge in [-0.1, -0.05) is 46.0 Å². The molecule has 3 fully saturated rings. The molecule has 176 valence electrons. The molecule has 0 bridgehead atoms. The largest absolute Gasteiger partial charge is 0.381 e. The zero-order chi connectivity index (χ0) is 21.6. The van der Waals surface area contributed by atoms with Gasteiger partial charge in [-0.15, -0.1) is 0 Å². The minimum atomic E-state index is -0.543. The zero-order valence-electron chi connectivity index (χ0n) is 19.6. The molecule has 3 rings (SSSR count). The first-order chi connectivity index (χ1) is 14.6. The molecule has 3 aliphatic rings. The van der Waals surface area contributed by atoms with Crippen molar-refractivity contribution >= 4 is 20.0 Å². The van der Waals surface area contributed by atoms with E-state index in [2.05, 4.69) is 19.2 Å². The lowest BCUT2D eigenvalue weighted by Crippen LogP contribution is -2.57. The summed E-state index contributed by atoms with van der Waals surface area (Å²) < 4.78 is 17.6. The topological polar surface area (TPSA) is 61.7 Å². The molecule has 0 spiro atoms. The smallest absolute Gasteiger partial charge is 0.159 e.